The summed E-state index contributed by atoms with van der Waals surface area (Å²) in [6, 6.07) is 17.5. The zero-order valence-electron chi connectivity index (χ0n) is 18.3. The van der Waals surface area contributed by atoms with Gasteiger partial charge in [0.1, 0.15) is 12.4 Å². The topological polar surface area (TPSA) is 58.9 Å². The minimum Gasteiger partial charge on any atom is -0.491 e. The molecule has 5 rings (SSSR count). The molecule has 32 heavy (non-hydrogen) atoms. The number of hydrogen-bond donors (Lipinski definition) is 2. The summed E-state index contributed by atoms with van der Waals surface area (Å²) in [5.41, 5.74) is 4.84. The maximum atomic E-state index is 9.20. The third-order valence-corrected chi connectivity index (χ3v) is 6.50. The molecular formula is C28H30O4. The van der Waals surface area contributed by atoms with Gasteiger partial charge in [0.25, 0.3) is 0 Å². The lowest BCUT2D eigenvalue weighted by Crippen LogP contribution is -2.38. The lowest BCUT2D eigenvalue weighted by Gasteiger charge is -2.29. The maximum absolute atomic E-state index is 9.20. The second-order valence-electron chi connectivity index (χ2n) is 8.63. The Morgan fingerprint density at radius 2 is 1.62 bits per heavy atom. The van der Waals surface area contributed by atoms with Gasteiger partial charge < -0.3 is 19.7 Å². The molecule has 0 spiro atoms. The van der Waals surface area contributed by atoms with E-state index in [0.717, 1.165) is 43.4 Å². The van der Waals surface area contributed by atoms with Crippen molar-refractivity contribution in [1.29, 1.82) is 0 Å². The number of hydrogen-bond acceptors (Lipinski definition) is 4. The molecule has 0 fully saturated rings. The van der Waals surface area contributed by atoms with Crippen molar-refractivity contribution in [1.82, 2.24) is 0 Å². The highest BCUT2D eigenvalue weighted by molar-refractivity contribution is 5.98. The van der Waals surface area contributed by atoms with Crippen molar-refractivity contribution < 1.29 is 19.7 Å². The number of ether oxygens (including phenoxy) is 2. The molecule has 166 valence electrons. The minimum atomic E-state index is 0.00751. The average molecular weight is 431 g/mol. The first kappa shape index (κ1) is 21.2. The molecule has 3 aromatic rings. The third kappa shape index (κ3) is 4.06. The van der Waals surface area contributed by atoms with Gasteiger partial charge in [-0.05, 0) is 70.5 Å². The van der Waals surface area contributed by atoms with Crippen LogP contribution in [0.4, 0.5) is 0 Å². The Labute approximate surface area is 188 Å². The van der Waals surface area contributed by atoms with Gasteiger partial charge in [0.05, 0.1) is 12.7 Å². The van der Waals surface area contributed by atoms with E-state index >= 15 is 0 Å². The number of aliphatic hydroxyl groups excluding tert-OH is 2. The van der Waals surface area contributed by atoms with Gasteiger partial charge in [-0.25, -0.2) is 0 Å². The quantitative estimate of drug-likeness (QED) is 0.632. The van der Waals surface area contributed by atoms with Crippen molar-refractivity contribution in [2.45, 2.75) is 38.2 Å². The second-order valence-corrected chi connectivity index (χ2v) is 8.63. The molecule has 1 aliphatic heterocycles. The maximum Gasteiger partial charge on any atom is 0.127 e. The SMILES string of the molecule is OCCCc1ccc2c(c1)=CC[C@@H]1OCCOc3ccc4cc(CCCO)ccc4c3C=21. The van der Waals surface area contributed by atoms with Gasteiger partial charge in [-0.1, -0.05) is 48.5 Å². The summed E-state index contributed by atoms with van der Waals surface area (Å²) < 4.78 is 12.4. The Hall–Kier alpha value is -2.66. The van der Waals surface area contributed by atoms with Crippen molar-refractivity contribution in [3.05, 3.63) is 75.7 Å². The van der Waals surface area contributed by atoms with E-state index in [2.05, 4.69) is 54.6 Å². The van der Waals surface area contributed by atoms with E-state index in [-0.39, 0.29) is 19.3 Å². The largest absolute Gasteiger partial charge is 0.491 e. The van der Waals surface area contributed by atoms with Crippen LogP contribution in [-0.2, 0) is 17.6 Å². The Bertz CT molecular complexity index is 1240. The molecule has 0 amide bonds. The Balaban J connectivity index is 1.73. The van der Waals surface area contributed by atoms with Crippen molar-refractivity contribution in [2.75, 3.05) is 26.4 Å². The van der Waals surface area contributed by atoms with E-state index in [9.17, 15) is 10.2 Å². The summed E-state index contributed by atoms with van der Waals surface area (Å²) >= 11 is 0. The normalized spacial score (nSPS) is 17.4. The molecule has 0 saturated carbocycles. The molecule has 2 N–H and O–H groups in total. The highest BCUT2D eigenvalue weighted by Crippen LogP contribution is 2.38. The van der Waals surface area contributed by atoms with E-state index in [1.807, 2.05) is 0 Å². The molecule has 0 aromatic heterocycles. The Morgan fingerprint density at radius 3 is 2.44 bits per heavy atom. The molecule has 3 aromatic carbocycles. The van der Waals surface area contributed by atoms with Gasteiger partial charge in [-0.2, -0.15) is 0 Å². The highest BCUT2D eigenvalue weighted by Gasteiger charge is 2.26. The molecule has 4 heteroatoms. The van der Waals surface area contributed by atoms with Crippen LogP contribution < -0.4 is 15.2 Å². The summed E-state index contributed by atoms with van der Waals surface area (Å²) in [6.45, 7) is 1.54. The molecule has 1 heterocycles. The lowest BCUT2D eigenvalue weighted by molar-refractivity contribution is 0.0639. The minimum absolute atomic E-state index is 0.00751. The van der Waals surface area contributed by atoms with Gasteiger partial charge in [0.15, 0.2) is 0 Å². The highest BCUT2D eigenvalue weighted by atomic mass is 16.5. The molecule has 1 aliphatic carbocycles. The van der Waals surface area contributed by atoms with Gasteiger partial charge in [0.2, 0.25) is 0 Å². The summed E-state index contributed by atoms with van der Waals surface area (Å²) in [4.78, 5) is 0. The van der Waals surface area contributed by atoms with E-state index in [0.29, 0.717) is 13.2 Å². The van der Waals surface area contributed by atoms with Crippen LogP contribution in [0.2, 0.25) is 0 Å². The van der Waals surface area contributed by atoms with Crippen LogP contribution in [0, 0.1) is 0 Å². The van der Waals surface area contributed by atoms with Crippen LogP contribution in [-0.4, -0.2) is 42.7 Å². The summed E-state index contributed by atoms with van der Waals surface area (Å²) in [5, 5.41) is 23.2. The average Bonchev–Trinajstić information content (AvgIpc) is 2.81. The van der Waals surface area contributed by atoms with Crippen molar-refractivity contribution >= 4 is 22.4 Å². The monoisotopic (exact) mass is 430 g/mol. The lowest BCUT2D eigenvalue weighted by atomic mass is 9.86. The number of aryl methyl sites for hydroxylation is 2. The van der Waals surface area contributed by atoms with E-state index in [4.69, 9.17) is 9.47 Å². The first-order valence-electron chi connectivity index (χ1n) is 11.6. The van der Waals surface area contributed by atoms with Crippen molar-refractivity contribution in [3.8, 4) is 5.75 Å². The fraction of sp³-hybridized carbons (Fsp3) is 0.357. The first-order valence-corrected chi connectivity index (χ1v) is 11.6. The molecular weight excluding hydrogens is 400 g/mol. The van der Waals surface area contributed by atoms with Gasteiger partial charge >= 0.3 is 0 Å². The predicted molar refractivity (Wildman–Crippen MR) is 127 cm³/mol. The molecule has 0 bridgehead atoms. The Morgan fingerprint density at radius 1 is 0.844 bits per heavy atom. The zero-order valence-corrected chi connectivity index (χ0v) is 18.3. The van der Waals surface area contributed by atoms with Gasteiger partial charge in [0, 0.05) is 24.4 Å². The smallest absolute Gasteiger partial charge is 0.127 e. The van der Waals surface area contributed by atoms with Crippen molar-refractivity contribution in [2.24, 2.45) is 0 Å². The first-order chi connectivity index (χ1) is 15.8. The van der Waals surface area contributed by atoms with E-state index in [1.165, 1.54) is 37.9 Å². The molecule has 4 nitrogen and oxygen atoms in total. The number of aliphatic hydroxyl groups is 2. The second kappa shape index (κ2) is 9.45. The van der Waals surface area contributed by atoms with E-state index < -0.39 is 0 Å². The summed E-state index contributed by atoms with van der Waals surface area (Å²) in [6.07, 6.45) is 6.44. The zero-order chi connectivity index (χ0) is 21.9. The van der Waals surface area contributed by atoms with Crippen LogP contribution in [0.1, 0.15) is 36.0 Å². The number of fused-ring (bicyclic) bond motifs is 6. The van der Waals surface area contributed by atoms with Crippen LogP contribution in [0.25, 0.3) is 22.4 Å². The van der Waals surface area contributed by atoms with E-state index in [1.54, 1.807) is 0 Å². The molecule has 0 unspecified atom stereocenters. The summed E-state index contributed by atoms with van der Waals surface area (Å²) in [7, 11) is 0. The fourth-order valence-corrected chi connectivity index (χ4v) is 4.98. The Kier molecular flexibility index (Phi) is 6.26. The molecule has 0 radical (unpaired) electrons. The molecule has 2 aliphatic rings. The third-order valence-electron chi connectivity index (χ3n) is 6.50. The molecule has 1 atom stereocenters. The molecule has 0 saturated heterocycles. The standard InChI is InChI=1S/C28H30O4/c29-13-1-3-19-5-9-23-21(17-19)7-11-25-27(23)28-24-10-6-20(4-2-14-30)18-22(24)8-12-26(28)32-16-15-31-25/h5-11,17-18,26,29-30H,1-4,12-16H2/t26-/m0/s1. The number of benzene rings is 3. The van der Waals surface area contributed by atoms with Gasteiger partial charge in [-0.3, -0.25) is 0 Å². The summed E-state index contributed by atoms with van der Waals surface area (Å²) in [5.74, 6) is 0.918. The predicted octanol–water partition coefficient (Wildman–Crippen LogP) is 2.85. The van der Waals surface area contributed by atoms with Crippen LogP contribution in [0.5, 0.6) is 5.75 Å². The van der Waals surface area contributed by atoms with Crippen molar-refractivity contribution in [3.63, 3.8) is 0 Å². The van der Waals surface area contributed by atoms with Gasteiger partial charge in [-0.15, -0.1) is 0 Å². The van der Waals surface area contributed by atoms with Crippen LogP contribution in [0.15, 0.2) is 48.5 Å². The van der Waals surface area contributed by atoms with Crippen LogP contribution in [0.3, 0.4) is 0 Å². The van der Waals surface area contributed by atoms with Crippen LogP contribution >= 0.6 is 0 Å². The number of rotatable bonds is 6. The fourth-order valence-electron chi connectivity index (χ4n) is 4.98.